The average Bonchev–Trinajstić information content (AvgIpc) is 3.20. The number of urea groups is 1. The van der Waals surface area contributed by atoms with Gasteiger partial charge in [0.05, 0.1) is 0 Å². The molecule has 1 spiro atoms. The number of carbonyl (C=O) groups excluding carboxylic acids is 3. The lowest BCUT2D eigenvalue weighted by Crippen LogP contribution is -2.49. The summed E-state index contributed by atoms with van der Waals surface area (Å²) < 4.78 is 0. The first kappa shape index (κ1) is 18.5. The molecule has 0 unspecified atom stereocenters. The van der Waals surface area contributed by atoms with Crippen LogP contribution in [0.1, 0.15) is 56.4 Å². The number of aryl methyl sites for hydroxylation is 1. The largest absolute Gasteiger partial charge is 0.352 e. The van der Waals surface area contributed by atoms with E-state index < -0.39 is 11.6 Å². The third-order valence-electron chi connectivity index (χ3n) is 6.69. The number of nitrogens with one attached hydrogen (secondary N) is 2. The van der Waals surface area contributed by atoms with Crippen LogP contribution in [0, 0.1) is 11.8 Å². The molecule has 1 aromatic rings. The number of imide groups is 1. The summed E-state index contributed by atoms with van der Waals surface area (Å²) in [4.78, 5) is 40.6. The van der Waals surface area contributed by atoms with E-state index in [1.165, 1.54) is 6.42 Å². The van der Waals surface area contributed by atoms with Crippen molar-refractivity contribution >= 4 is 29.2 Å². The van der Waals surface area contributed by atoms with Crippen LogP contribution in [0.3, 0.4) is 0 Å². The van der Waals surface area contributed by atoms with Gasteiger partial charge < -0.3 is 10.6 Å². The third kappa shape index (κ3) is 3.06. The molecule has 1 aromatic heterocycles. The van der Waals surface area contributed by atoms with Gasteiger partial charge in [-0.15, -0.1) is 11.3 Å². The Morgan fingerprint density at radius 2 is 2.15 bits per heavy atom. The summed E-state index contributed by atoms with van der Waals surface area (Å²) in [5.41, 5.74) is -0.0628. The monoisotopic (exact) mass is 389 g/mol. The maximum absolute atomic E-state index is 13.2. The zero-order chi connectivity index (χ0) is 19.2. The number of amides is 4. The van der Waals surface area contributed by atoms with E-state index in [2.05, 4.69) is 24.5 Å². The second kappa shape index (κ2) is 6.93. The fourth-order valence-electron chi connectivity index (χ4n) is 4.87. The van der Waals surface area contributed by atoms with Gasteiger partial charge in [0.1, 0.15) is 12.1 Å². The molecule has 1 saturated heterocycles. The summed E-state index contributed by atoms with van der Waals surface area (Å²) in [7, 11) is 0. The predicted octanol–water partition coefficient (Wildman–Crippen LogP) is 2.77. The van der Waals surface area contributed by atoms with Crippen LogP contribution < -0.4 is 10.6 Å². The Hall–Kier alpha value is -1.89. The zero-order valence-electron chi connectivity index (χ0n) is 15.9. The standard InChI is InChI=1S/C20H27N3O3S/c1-12-5-3-6-15(13(12)2)21-17(24)11-23-18(25)20(22-19(23)26)9-4-7-16-14(20)8-10-27-16/h8,10,12-13,15H,3-7,9,11H2,1-2H3,(H,21,24)(H,22,26)/t12-,13+,15+,20-/m0/s1. The second-order valence-corrected chi connectivity index (χ2v) is 9.28. The summed E-state index contributed by atoms with van der Waals surface area (Å²) in [5, 5.41) is 7.93. The molecule has 1 aliphatic heterocycles. The Morgan fingerprint density at radius 3 is 2.96 bits per heavy atom. The lowest BCUT2D eigenvalue weighted by atomic mass is 9.78. The Bertz CT molecular complexity index is 776. The number of fused-ring (bicyclic) bond motifs is 2. The maximum Gasteiger partial charge on any atom is 0.325 e. The molecule has 3 aliphatic rings. The highest BCUT2D eigenvalue weighted by Gasteiger charge is 2.54. The van der Waals surface area contributed by atoms with Crippen molar-refractivity contribution in [1.29, 1.82) is 0 Å². The van der Waals surface area contributed by atoms with Crippen molar-refractivity contribution < 1.29 is 14.4 Å². The van der Waals surface area contributed by atoms with Gasteiger partial charge >= 0.3 is 6.03 Å². The van der Waals surface area contributed by atoms with E-state index in [4.69, 9.17) is 0 Å². The fraction of sp³-hybridized carbons (Fsp3) is 0.650. The number of rotatable bonds is 3. The van der Waals surface area contributed by atoms with E-state index in [-0.39, 0.29) is 24.4 Å². The highest BCUT2D eigenvalue weighted by Crippen LogP contribution is 2.42. The summed E-state index contributed by atoms with van der Waals surface area (Å²) in [5.74, 6) is 0.446. The summed E-state index contributed by atoms with van der Waals surface area (Å²) in [6.45, 7) is 4.17. The minimum absolute atomic E-state index is 0.120. The van der Waals surface area contributed by atoms with Crippen LogP contribution in [0.4, 0.5) is 4.79 Å². The molecule has 2 heterocycles. The molecule has 27 heavy (non-hydrogen) atoms. The van der Waals surface area contributed by atoms with Crippen molar-refractivity contribution in [3.05, 3.63) is 21.9 Å². The summed E-state index contributed by atoms with van der Waals surface area (Å²) >= 11 is 1.63. The number of hydrogen-bond acceptors (Lipinski definition) is 4. The van der Waals surface area contributed by atoms with Gasteiger partial charge in [-0.05, 0) is 49.0 Å². The zero-order valence-corrected chi connectivity index (χ0v) is 16.7. The van der Waals surface area contributed by atoms with Gasteiger partial charge in [0.15, 0.2) is 0 Å². The van der Waals surface area contributed by atoms with Crippen molar-refractivity contribution in [3.63, 3.8) is 0 Å². The minimum atomic E-state index is -0.975. The minimum Gasteiger partial charge on any atom is -0.352 e. The third-order valence-corrected chi connectivity index (χ3v) is 7.67. The molecule has 0 aromatic carbocycles. The molecule has 146 valence electrons. The maximum atomic E-state index is 13.2. The van der Waals surface area contributed by atoms with Gasteiger partial charge in [-0.2, -0.15) is 0 Å². The van der Waals surface area contributed by atoms with Gasteiger partial charge in [0.2, 0.25) is 5.91 Å². The average molecular weight is 390 g/mol. The molecule has 7 heteroatoms. The van der Waals surface area contributed by atoms with Crippen LogP contribution in [0.25, 0.3) is 0 Å². The molecule has 6 nitrogen and oxygen atoms in total. The van der Waals surface area contributed by atoms with E-state index in [0.29, 0.717) is 18.3 Å². The van der Waals surface area contributed by atoms with Crippen molar-refractivity contribution in [2.75, 3.05) is 6.54 Å². The number of carbonyl (C=O) groups is 3. The lowest BCUT2D eigenvalue weighted by Gasteiger charge is -2.35. The summed E-state index contributed by atoms with van der Waals surface area (Å²) in [6.07, 6.45) is 5.64. The van der Waals surface area contributed by atoms with Gasteiger partial charge in [0.25, 0.3) is 5.91 Å². The SMILES string of the molecule is C[C@@H]1[C@@H](C)CCC[C@H]1NC(=O)CN1C(=O)N[C@]2(CCCc3sccc32)C1=O. The van der Waals surface area contributed by atoms with E-state index in [1.807, 2.05) is 11.4 Å². The Labute approximate surface area is 163 Å². The Kier molecular flexibility index (Phi) is 4.74. The first-order valence-corrected chi connectivity index (χ1v) is 10.8. The van der Waals surface area contributed by atoms with Crippen LogP contribution in [0.15, 0.2) is 11.4 Å². The normalized spacial score (nSPS) is 33.1. The molecule has 2 fully saturated rings. The van der Waals surface area contributed by atoms with Gasteiger partial charge in [-0.1, -0.05) is 26.7 Å². The number of hydrogen-bond donors (Lipinski definition) is 2. The molecule has 4 rings (SSSR count). The topological polar surface area (TPSA) is 78.5 Å². The first-order valence-electron chi connectivity index (χ1n) is 9.92. The van der Waals surface area contributed by atoms with Crippen molar-refractivity contribution in [1.82, 2.24) is 15.5 Å². The highest BCUT2D eigenvalue weighted by molar-refractivity contribution is 7.10. The number of thiophene rings is 1. The molecule has 4 atom stereocenters. The van der Waals surface area contributed by atoms with E-state index in [0.717, 1.165) is 41.0 Å². The van der Waals surface area contributed by atoms with E-state index >= 15 is 0 Å². The predicted molar refractivity (Wildman–Crippen MR) is 103 cm³/mol. The molecule has 2 aliphatic carbocycles. The molecule has 2 N–H and O–H groups in total. The smallest absolute Gasteiger partial charge is 0.325 e. The van der Waals surface area contributed by atoms with Crippen molar-refractivity contribution in [2.24, 2.45) is 11.8 Å². The Morgan fingerprint density at radius 1 is 1.33 bits per heavy atom. The lowest BCUT2D eigenvalue weighted by molar-refractivity contribution is -0.136. The molecule has 1 saturated carbocycles. The van der Waals surface area contributed by atoms with Crippen molar-refractivity contribution in [2.45, 2.75) is 64.0 Å². The second-order valence-electron chi connectivity index (χ2n) is 8.28. The van der Waals surface area contributed by atoms with Crippen LogP contribution >= 0.6 is 11.3 Å². The molecule has 0 radical (unpaired) electrons. The van der Waals surface area contributed by atoms with Gasteiger partial charge in [-0.3, -0.25) is 14.5 Å². The quantitative estimate of drug-likeness (QED) is 0.781. The molecule has 4 amide bonds. The van der Waals surface area contributed by atoms with Gasteiger partial charge in [0, 0.05) is 16.5 Å². The molecular formula is C20H27N3O3S. The van der Waals surface area contributed by atoms with E-state index in [1.54, 1.807) is 11.3 Å². The van der Waals surface area contributed by atoms with Crippen LogP contribution in [0.2, 0.25) is 0 Å². The number of nitrogens with zero attached hydrogens (tertiary/aromatic N) is 1. The van der Waals surface area contributed by atoms with Gasteiger partial charge in [-0.25, -0.2) is 4.79 Å². The fourth-order valence-corrected chi connectivity index (χ4v) is 5.87. The highest BCUT2D eigenvalue weighted by atomic mass is 32.1. The molecule has 0 bridgehead atoms. The molecular weight excluding hydrogens is 362 g/mol. The summed E-state index contributed by atoms with van der Waals surface area (Å²) in [6, 6.07) is 1.60. The van der Waals surface area contributed by atoms with Crippen LogP contribution in [-0.4, -0.2) is 35.3 Å². The van der Waals surface area contributed by atoms with Crippen molar-refractivity contribution in [3.8, 4) is 0 Å². The first-order chi connectivity index (χ1) is 12.9. The Balaban J connectivity index is 1.47. The van der Waals surface area contributed by atoms with Crippen LogP contribution in [-0.2, 0) is 21.5 Å². The van der Waals surface area contributed by atoms with E-state index in [9.17, 15) is 14.4 Å². The van der Waals surface area contributed by atoms with Crippen LogP contribution in [0.5, 0.6) is 0 Å².